The van der Waals surface area contributed by atoms with Crippen molar-refractivity contribution in [2.24, 2.45) is 0 Å². The maximum atomic E-state index is 10.8. The van der Waals surface area contributed by atoms with Gasteiger partial charge in [-0.3, -0.25) is 0 Å². The maximum Gasteiger partial charge on any atom is 0.186 e. The number of nitrogen functional groups attached to an aromatic ring is 1. The lowest BCUT2D eigenvalue weighted by molar-refractivity contribution is 0.383. The fourth-order valence-corrected chi connectivity index (χ4v) is 2.98. The highest BCUT2D eigenvalue weighted by atomic mass is 16.5. The molecule has 150 valence electrons. The second kappa shape index (κ2) is 7.97. The van der Waals surface area contributed by atoms with Crippen LogP contribution < -0.4 is 15.2 Å². The van der Waals surface area contributed by atoms with Crippen molar-refractivity contribution >= 4 is 5.69 Å². The first-order valence-corrected chi connectivity index (χ1v) is 9.17. The zero-order chi connectivity index (χ0) is 21.1. The molecule has 0 aliphatic heterocycles. The molecule has 0 unspecified atom stereocenters. The molecular formula is C24H19NO5. The SMILES string of the molecule is Nc1c(Oc2ccccc2O)cc(-c2ccccc2)c(Oc2ccccc2O)c1O. The van der Waals surface area contributed by atoms with E-state index in [1.54, 1.807) is 42.5 Å². The lowest BCUT2D eigenvalue weighted by Gasteiger charge is -2.18. The van der Waals surface area contributed by atoms with Gasteiger partial charge in [-0.05, 0) is 35.9 Å². The molecule has 0 aliphatic carbocycles. The van der Waals surface area contributed by atoms with E-state index < -0.39 is 0 Å². The molecular weight excluding hydrogens is 382 g/mol. The van der Waals surface area contributed by atoms with E-state index in [2.05, 4.69) is 0 Å². The van der Waals surface area contributed by atoms with E-state index >= 15 is 0 Å². The van der Waals surface area contributed by atoms with Gasteiger partial charge >= 0.3 is 0 Å². The van der Waals surface area contributed by atoms with Crippen LogP contribution in [0.3, 0.4) is 0 Å². The van der Waals surface area contributed by atoms with Crippen LogP contribution in [-0.2, 0) is 0 Å². The van der Waals surface area contributed by atoms with Crippen molar-refractivity contribution in [3.63, 3.8) is 0 Å². The van der Waals surface area contributed by atoms with Gasteiger partial charge in [-0.2, -0.15) is 0 Å². The predicted octanol–water partition coefficient (Wildman–Crippen LogP) is 5.64. The van der Waals surface area contributed by atoms with E-state index in [0.29, 0.717) is 5.56 Å². The van der Waals surface area contributed by atoms with Crippen LogP contribution in [0.25, 0.3) is 11.1 Å². The summed E-state index contributed by atoms with van der Waals surface area (Å²) in [4.78, 5) is 0. The second-order valence-corrected chi connectivity index (χ2v) is 6.52. The van der Waals surface area contributed by atoms with Gasteiger partial charge in [0.1, 0.15) is 5.69 Å². The molecule has 4 aromatic carbocycles. The van der Waals surface area contributed by atoms with Gasteiger partial charge in [0.2, 0.25) is 0 Å². The number of hydrogen-bond donors (Lipinski definition) is 4. The molecule has 30 heavy (non-hydrogen) atoms. The summed E-state index contributed by atoms with van der Waals surface area (Å²) in [5.74, 6) is 0.0966. The highest BCUT2D eigenvalue weighted by Gasteiger charge is 2.22. The molecule has 0 bridgehead atoms. The minimum absolute atomic E-state index is 0.0628. The normalized spacial score (nSPS) is 10.5. The first-order valence-electron chi connectivity index (χ1n) is 9.17. The summed E-state index contributed by atoms with van der Waals surface area (Å²) in [6.45, 7) is 0. The molecule has 4 rings (SSSR count). The van der Waals surface area contributed by atoms with Crippen molar-refractivity contribution in [2.45, 2.75) is 0 Å². The van der Waals surface area contributed by atoms with Crippen molar-refractivity contribution < 1.29 is 24.8 Å². The number of aromatic hydroxyl groups is 3. The van der Waals surface area contributed by atoms with Crippen LogP contribution in [0.15, 0.2) is 84.9 Å². The topological polar surface area (TPSA) is 105 Å². The van der Waals surface area contributed by atoms with Crippen LogP contribution in [0, 0.1) is 0 Å². The fourth-order valence-electron chi connectivity index (χ4n) is 2.98. The highest BCUT2D eigenvalue weighted by molar-refractivity contribution is 5.83. The van der Waals surface area contributed by atoms with Gasteiger partial charge in [-0.1, -0.05) is 54.6 Å². The minimum atomic E-state index is -0.343. The number of phenolic OH excluding ortho intramolecular Hbond substituents is 3. The molecule has 6 heteroatoms. The number of hydrogen-bond acceptors (Lipinski definition) is 6. The molecule has 0 saturated carbocycles. The third-order valence-corrected chi connectivity index (χ3v) is 4.50. The smallest absolute Gasteiger partial charge is 0.186 e. The maximum absolute atomic E-state index is 10.8. The number of benzene rings is 4. The van der Waals surface area contributed by atoms with Gasteiger partial charge in [0.05, 0.1) is 0 Å². The standard InChI is InChI=1S/C24H19NO5/c25-22-21(29-19-12-6-4-10-17(19)26)14-16(15-8-2-1-3-9-15)24(23(22)28)30-20-13-7-5-11-18(20)27/h1-14,26-28H,25H2. The molecule has 0 heterocycles. The van der Waals surface area contributed by atoms with E-state index in [-0.39, 0.29) is 45.9 Å². The summed E-state index contributed by atoms with van der Waals surface area (Å²) in [7, 11) is 0. The molecule has 4 aromatic rings. The Morgan fingerprint density at radius 1 is 0.600 bits per heavy atom. The van der Waals surface area contributed by atoms with Gasteiger partial charge < -0.3 is 30.5 Å². The zero-order valence-corrected chi connectivity index (χ0v) is 15.8. The molecule has 0 amide bonds. The summed E-state index contributed by atoms with van der Waals surface area (Å²) >= 11 is 0. The zero-order valence-electron chi connectivity index (χ0n) is 15.8. The van der Waals surface area contributed by atoms with Crippen LogP contribution in [-0.4, -0.2) is 15.3 Å². The molecule has 0 fully saturated rings. The first kappa shape index (κ1) is 19.0. The van der Waals surface area contributed by atoms with Crippen molar-refractivity contribution in [3.8, 4) is 51.4 Å². The minimum Gasteiger partial charge on any atom is -0.504 e. The van der Waals surface area contributed by atoms with Crippen molar-refractivity contribution in [1.29, 1.82) is 0 Å². The Labute approximate surface area is 173 Å². The van der Waals surface area contributed by atoms with Crippen LogP contribution in [0.1, 0.15) is 0 Å². The monoisotopic (exact) mass is 401 g/mol. The Morgan fingerprint density at radius 3 is 1.73 bits per heavy atom. The average Bonchev–Trinajstić information content (AvgIpc) is 2.77. The molecule has 0 radical (unpaired) electrons. The van der Waals surface area contributed by atoms with E-state index in [0.717, 1.165) is 5.56 Å². The molecule has 0 aromatic heterocycles. The van der Waals surface area contributed by atoms with Crippen LogP contribution in [0.2, 0.25) is 0 Å². The highest BCUT2D eigenvalue weighted by Crippen LogP contribution is 2.50. The van der Waals surface area contributed by atoms with Gasteiger partial charge in [0.25, 0.3) is 0 Å². The number of nitrogens with two attached hydrogens (primary N) is 1. The lowest BCUT2D eigenvalue weighted by atomic mass is 10.0. The van der Waals surface area contributed by atoms with Crippen LogP contribution in [0.5, 0.6) is 40.2 Å². The number of anilines is 1. The molecule has 0 aliphatic rings. The fraction of sp³-hybridized carbons (Fsp3) is 0. The summed E-state index contributed by atoms with van der Waals surface area (Å²) < 4.78 is 11.6. The van der Waals surface area contributed by atoms with Gasteiger partial charge in [-0.15, -0.1) is 0 Å². The van der Waals surface area contributed by atoms with E-state index in [9.17, 15) is 15.3 Å². The lowest BCUT2D eigenvalue weighted by Crippen LogP contribution is -1.98. The van der Waals surface area contributed by atoms with Crippen LogP contribution >= 0.6 is 0 Å². The Morgan fingerprint density at radius 2 is 1.13 bits per heavy atom. The Balaban J connectivity index is 1.86. The summed E-state index contributed by atoms with van der Waals surface area (Å²) in [5, 5.41) is 30.9. The van der Waals surface area contributed by atoms with Crippen molar-refractivity contribution in [2.75, 3.05) is 5.73 Å². The first-order chi connectivity index (χ1) is 14.5. The van der Waals surface area contributed by atoms with Gasteiger partial charge in [-0.25, -0.2) is 0 Å². The van der Waals surface area contributed by atoms with Gasteiger partial charge in [0, 0.05) is 5.56 Å². The molecule has 0 spiro atoms. The predicted molar refractivity (Wildman–Crippen MR) is 114 cm³/mol. The summed E-state index contributed by atoms with van der Waals surface area (Å²) in [6.07, 6.45) is 0. The quantitative estimate of drug-likeness (QED) is 0.255. The third-order valence-electron chi connectivity index (χ3n) is 4.50. The number of para-hydroxylation sites is 4. The third kappa shape index (κ3) is 3.66. The average molecular weight is 401 g/mol. The number of ether oxygens (including phenoxy) is 2. The van der Waals surface area contributed by atoms with Crippen molar-refractivity contribution in [1.82, 2.24) is 0 Å². The largest absolute Gasteiger partial charge is 0.504 e. The Kier molecular flexibility index (Phi) is 5.05. The number of rotatable bonds is 5. The summed E-state index contributed by atoms with van der Waals surface area (Å²) in [5.41, 5.74) is 7.29. The molecule has 0 atom stereocenters. The van der Waals surface area contributed by atoms with E-state index in [1.807, 2.05) is 30.3 Å². The van der Waals surface area contributed by atoms with Crippen LogP contribution in [0.4, 0.5) is 5.69 Å². The van der Waals surface area contributed by atoms with E-state index in [1.165, 1.54) is 12.1 Å². The Hall–Kier alpha value is -4.32. The number of phenols is 3. The van der Waals surface area contributed by atoms with E-state index in [4.69, 9.17) is 15.2 Å². The summed E-state index contributed by atoms with van der Waals surface area (Å²) in [6, 6.07) is 23.7. The molecule has 5 N–H and O–H groups in total. The Bertz CT molecular complexity index is 1190. The van der Waals surface area contributed by atoms with Gasteiger partial charge in [0.15, 0.2) is 40.2 Å². The van der Waals surface area contributed by atoms with Crippen molar-refractivity contribution in [3.05, 3.63) is 84.9 Å². The molecule has 6 nitrogen and oxygen atoms in total. The molecule has 0 saturated heterocycles. The second-order valence-electron chi connectivity index (χ2n) is 6.52.